The van der Waals surface area contributed by atoms with Gasteiger partial charge < -0.3 is 5.32 Å². The number of benzene rings is 1. The molecule has 0 fully saturated rings. The number of amides is 1. The molecule has 0 atom stereocenters. The summed E-state index contributed by atoms with van der Waals surface area (Å²) in [6.07, 6.45) is 0. The topological polar surface area (TPSA) is 52.9 Å². The molecule has 1 aromatic carbocycles. The fraction of sp³-hybridized carbons (Fsp3) is 0. The number of carbonyl (C=O) groups is 1. The summed E-state index contributed by atoms with van der Waals surface area (Å²) in [7, 11) is 0. The molecule has 1 amide bonds. The first-order chi connectivity index (χ1) is 8.60. The van der Waals surface area contributed by atoms with Crippen LogP contribution in [0.2, 0.25) is 0 Å². The molecule has 1 N–H and O–H groups in total. The van der Waals surface area contributed by atoms with Crippen molar-refractivity contribution in [3.8, 4) is 6.07 Å². The lowest BCUT2D eigenvalue weighted by Crippen LogP contribution is -2.10. The summed E-state index contributed by atoms with van der Waals surface area (Å²) >= 11 is 8.81. The minimum atomic E-state index is -0.189. The predicted molar refractivity (Wildman–Crippen MR) is 78.4 cm³/mol. The van der Waals surface area contributed by atoms with Crippen molar-refractivity contribution in [3.63, 3.8) is 0 Å². The summed E-state index contributed by atoms with van der Waals surface area (Å²) in [5.74, 6) is -0.189. The number of nitriles is 1. The standard InChI is InChI=1S/C12H7BrN2OS2/c13-9-3-7(5-14)1-2-10(9)15-12(16)11-4-8(17)6-18-11/h1-4,6,17H,(H,15,16). The molecular formula is C12H7BrN2OS2. The molecule has 3 nitrogen and oxygen atoms in total. The third kappa shape index (κ3) is 2.93. The molecule has 0 aliphatic rings. The first kappa shape index (κ1) is 13.1. The number of nitrogens with zero attached hydrogens (tertiary/aromatic N) is 1. The van der Waals surface area contributed by atoms with Crippen LogP contribution in [0.1, 0.15) is 15.2 Å². The van der Waals surface area contributed by atoms with Gasteiger partial charge in [0.15, 0.2) is 0 Å². The van der Waals surface area contributed by atoms with Gasteiger partial charge in [0.1, 0.15) is 0 Å². The van der Waals surface area contributed by atoms with E-state index in [1.165, 1.54) is 11.3 Å². The van der Waals surface area contributed by atoms with Crippen molar-refractivity contribution in [2.75, 3.05) is 5.32 Å². The van der Waals surface area contributed by atoms with E-state index in [1.807, 2.05) is 6.07 Å². The highest BCUT2D eigenvalue weighted by Crippen LogP contribution is 2.25. The minimum Gasteiger partial charge on any atom is -0.320 e. The maximum Gasteiger partial charge on any atom is 0.265 e. The van der Waals surface area contributed by atoms with Gasteiger partial charge in [0.2, 0.25) is 0 Å². The highest BCUT2D eigenvalue weighted by atomic mass is 79.9. The second-order valence-corrected chi connectivity index (χ2v) is 5.71. The summed E-state index contributed by atoms with van der Waals surface area (Å²) in [5, 5.41) is 13.3. The highest BCUT2D eigenvalue weighted by molar-refractivity contribution is 9.10. The number of halogens is 1. The molecule has 90 valence electrons. The molecule has 0 bridgehead atoms. The van der Waals surface area contributed by atoms with Crippen LogP contribution >= 0.6 is 39.9 Å². The minimum absolute atomic E-state index is 0.189. The maximum absolute atomic E-state index is 11.9. The number of anilines is 1. The van der Waals surface area contributed by atoms with Crippen LogP contribution in [0, 0.1) is 11.3 Å². The summed E-state index contributed by atoms with van der Waals surface area (Å²) < 4.78 is 0.678. The summed E-state index contributed by atoms with van der Waals surface area (Å²) in [5.41, 5.74) is 1.17. The number of carbonyl (C=O) groups excluding carboxylic acids is 1. The van der Waals surface area contributed by atoms with Crippen LogP contribution < -0.4 is 5.32 Å². The van der Waals surface area contributed by atoms with Gasteiger partial charge in [0.05, 0.1) is 22.2 Å². The average molecular weight is 339 g/mol. The lowest BCUT2D eigenvalue weighted by Gasteiger charge is -2.06. The maximum atomic E-state index is 11.9. The van der Waals surface area contributed by atoms with Gasteiger partial charge >= 0.3 is 0 Å². The number of hydrogen-bond acceptors (Lipinski definition) is 4. The molecule has 1 heterocycles. The molecular weight excluding hydrogens is 332 g/mol. The molecule has 2 rings (SSSR count). The SMILES string of the molecule is N#Cc1ccc(NC(=O)c2cc(S)cs2)c(Br)c1. The smallest absolute Gasteiger partial charge is 0.265 e. The van der Waals surface area contributed by atoms with E-state index in [2.05, 4.69) is 33.9 Å². The van der Waals surface area contributed by atoms with E-state index in [-0.39, 0.29) is 5.91 Å². The Hall–Kier alpha value is -1.29. The molecule has 0 saturated carbocycles. The van der Waals surface area contributed by atoms with E-state index >= 15 is 0 Å². The number of rotatable bonds is 2. The fourth-order valence-corrected chi connectivity index (χ4v) is 2.84. The lowest BCUT2D eigenvalue weighted by molar-refractivity contribution is 0.103. The Morgan fingerprint density at radius 2 is 2.22 bits per heavy atom. The Balaban J connectivity index is 2.20. The Morgan fingerprint density at radius 1 is 1.44 bits per heavy atom. The van der Waals surface area contributed by atoms with E-state index in [1.54, 1.807) is 29.6 Å². The predicted octanol–water partition coefficient (Wildman–Crippen LogP) is 3.92. The van der Waals surface area contributed by atoms with E-state index in [0.717, 1.165) is 4.90 Å². The molecule has 2 aromatic rings. The van der Waals surface area contributed by atoms with Crippen LogP contribution in [0.25, 0.3) is 0 Å². The number of thiol groups is 1. The van der Waals surface area contributed by atoms with Crippen molar-refractivity contribution in [1.29, 1.82) is 5.26 Å². The first-order valence-corrected chi connectivity index (χ1v) is 7.00. The number of nitrogens with one attached hydrogen (secondary N) is 1. The van der Waals surface area contributed by atoms with Crippen molar-refractivity contribution in [3.05, 3.63) is 44.6 Å². The van der Waals surface area contributed by atoms with Gasteiger partial charge in [-0.1, -0.05) is 0 Å². The van der Waals surface area contributed by atoms with Crippen molar-refractivity contribution in [1.82, 2.24) is 0 Å². The van der Waals surface area contributed by atoms with Crippen LogP contribution in [-0.2, 0) is 0 Å². The van der Waals surface area contributed by atoms with E-state index in [9.17, 15) is 4.79 Å². The zero-order chi connectivity index (χ0) is 13.1. The Kier molecular flexibility index (Phi) is 4.07. The molecule has 0 aliphatic carbocycles. The molecule has 6 heteroatoms. The zero-order valence-corrected chi connectivity index (χ0v) is 12.3. The monoisotopic (exact) mass is 338 g/mol. The Morgan fingerprint density at radius 3 is 2.78 bits per heavy atom. The van der Waals surface area contributed by atoms with Gasteiger partial charge in [-0.2, -0.15) is 5.26 Å². The van der Waals surface area contributed by atoms with Crippen LogP contribution in [0.4, 0.5) is 5.69 Å². The number of thiophene rings is 1. The van der Waals surface area contributed by atoms with Gasteiger partial charge in [-0.25, -0.2) is 0 Å². The second-order valence-electron chi connectivity index (χ2n) is 3.43. The van der Waals surface area contributed by atoms with Crippen LogP contribution in [-0.4, -0.2) is 5.91 Å². The van der Waals surface area contributed by atoms with Gasteiger partial charge in [-0.05, 0) is 40.2 Å². The Bertz CT molecular complexity index is 646. The second kappa shape index (κ2) is 5.57. The molecule has 0 spiro atoms. The van der Waals surface area contributed by atoms with Crippen LogP contribution in [0.3, 0.4) is 0 Å². The van der Waals surface area contributed by atoms with Crippen LogP contribution in [0.15, 0.2) is 39.0 Å². The van der Waals surface area contributed by atoms with Crippen molar-refractivity contribution >= 4 is 51.5 Å². The van der Waals surface area contributed by atoms with Crippen molar-refractivity contribution < 1.29 is 4.79 Å². The van der Waals surface area contributed by atoms with Gasteiger partial charge in [0.25, 0.3) is 5.91 Å². The average Bonchev–Trinajstić information content (AvgIpc) is 2.78. The van der Waals surface area contributed by atoms with Gasteiger partial charge in [-0.15, -0.1) is 24.0 Å². The van der Waals surface area contributed by atoms with E-state index < -0.39 is 0 Å². The largest absolute Gasteiger partial charge is 0.320 e. The zero-order valence-electron chi connectivity index (χ0n) is 8.98. The summed E-state index contributed by atoms with van der Waals surface area (Å²) in [6.45, 7) is 0. The lowest BCUT2D eigenvalue weighted by atomic mass is 10.2. The summed E-state index contributed by atoms with van der Waals surface area (Å²) in [4.78, 5) is 13.3. The molecule has 0 aliphatic heterocycles. The highest BCUT2D eigenvalue weighted by Gasteiger charge is 2.10. The van der Waals surface area contributed by atoms with Gasteiger partial charge in [0, 0.05) is 14.7 Å². The van der Waals surface area contributed by atoms with Gasteiger partial charge in [-0.3, -0.25) is 4.79 Å². The fourth-order valence-electron chi connectivity index (χ4n) is 1.32. The normalized spacial score (nSPS) is 9.83. The van der Waals surface area contributed by atoms with Crippen molar-refractivity contribution in [2.45, 2.75) is 4.90 Å². The van der Waals surface area contributed by atoms with E-state index in [4.69, 9.17) is 5.26 Å². The third-order valence-electron chi connectivity index (χ3n) is 2.16. The first-order valence-electron chi connectivity index (χ1n) is 4.88. The molecule has 18 heavy (non-hydrogen) atoms. The quantitative estimate of drug-likeness (QED) is 0.815. The summed E-state index contributed by atoms with van der Waals surface area (Å²) in [6, 6.07) is 8.74. The molecule has 1 aromatic heterocycles. The Labute approximate surface area is 122 Å². The van der Waals surface area contributed by atoms with Crippen molar-refractivity contribution in [2.24, 2.45) is 0 Å². The molecule has 0 radical (unpaired) electrons. The van der Waals surface area contributed by atoms with Crippen LogP contribution in [0.5, 0.6) is 0 Å². The van der Waals surface area contributed by atoms with E-state index in [0.29, 0.717) is 20.6 Å². The number of hydrogen-bond donors (Lipinski definition) is 2. The molecule has 0 unspecified atom stereocenters. The third-order valence-corrected chi connectivity index (χ3v) is 4.17. The molecule has 0 saturated heterocycles.